The minimum absolute atomic E-state index is 0.0405. The number of rotatable bonds is 6. The number of amides is 2. The molecule has 0 bridgehead atoms. The van der Waals surface area contributed by atoms with Crippen molar-refractivity contribution in [3.63, 3.8) is 0 Å². The highest BCUT2D eigenvalue weighted by atomic mass is 127. The van der Waals surface area contributed by atoms with Crippen molar-refractivity contribution in [3.05, 3.63) is 57.2 Å². The van der Waals surface area contributed by atoms with Gasteiger partial charge in [0.15, 0.2) is 6.61 Å². The summed E-state index contributed by atoms with van der Waals surface area (Å²) in [6, 6.07) is 11.3. The van der Waals surface area contributed by atoms with Crippen LogP contribution in [0.25, 0.3) is 0 Å². The Morgan fingerprint density at radius 1 is 1.25 bits per heavy atom. The summed E-state index contributed by atoms with van der Waals surface area (Å²) in [7, 11) is 0. The number of hydrazone groups is 1. The van der Waals surface area contributed by atoms with E-state index in [0.717, 1.165) is 5.56 Å². The van der Waals surface area contributed by atoms with Crippen molar-refractivity contribution in [2.24, 2.45) is 10.8 Å². The van der Waals surface area contributed by atoms with E-state index in [1.807, 2.05) is 22.6 Å². The molecule has 0 atom stereocenters. The summed E-state index contributed by atoms with van der Waals surface area (Å²) < 4.78 is 5.79. The first-order chi connectivity index (χ1) is 11.5. The average Bonchev–Trinajstić information content (AvgIpc) is 2.56. The Bertz CT molecular complexity index is 775. The first kappa shape index (κ1) is 17.7. The Labute approximate surface area is 151 Å². The molecule has 2 amide bonds. The van der Waals surface area contributed by atoms with E-state index in [2.05, 4.69) is 10.5 Å². The van der Waals surface area contributed by atoms with Crippen LogP contribution in [0, 0.1) is 3.57 Å². The SMILES string of the molecule is NC(=O)COc1ccc(/C=N\NC(=O)c2ccc(I)c(O)c2)cc1. The molecule has 0 spiro atoms. The van der Waals surface area contributed by atoms with Crippen LogP contribution >= 0.6 is 22.6 Å². The molecule has 0 unspecified atom stereocenters. The largest absolute Gasteiger partial charge is 0.507 e. The summed E-state index contributed by atoms with van der Waals surface area (Å²) >= 11 is 1.97. The number of phenols is 1. The van der Waals surface area contributed by atoms with Gasteiger partial charge in [-0.3, -0.25) is 9.59 Å². The quantitative estimate of drug-likeness (QED) is 0.361. The fourth-order valence-electron chi connectivity index (χ4n) is 1.69. The van der Waals surface area contributed by atoms with Gasteiger partial charge in [0, 0.05) is 5.56 Å². The van der Waals surface area contributed by atoms with Crippen LogP contribution in [0.2, 0.25) is 0 Å². The zero-order chi connectivity index (χ0) is 17.5. The highest BCUT2D eigenvalue weighted by Crippen LogP contribution is 2.20. The van der Waals surface area contributed by atoms with Crippen molar-refractivity contribution >= 4 is 40.6 Å². The molecule has 0 saturated carbocycles. The number of nitrogens with zero attached hydrogens (tertiary/aromatic N) is 1. The summed E-state index contributed by atoms with van der Waals surface area (Å²) in [4.78, 5) is 22.5. The van der Waals surface area contributed by atoms with Crippen LogP contribution < -0.4 is 15.9 Å². The first-order valence-corrected chi connectivity index (χ1v) is 7.86. The molecule has 24 heavy (non-hydrogen) atoms. The summed E-state index contributed by atoms with van der Waals surface area (Å²) in [5.41, 5.74) is 8.40. The van der Waals surface area contributed by atoms with E-state index in [0.29, 0.717) is 14.9 Å². The highest BCUT2D eigenvalue weighted by Gasteiger charge is 2.07. The molecule has 2 aromatic rings. The number of halogens is 1. The number of carbonyl (C=O) groups excluding carboxylic acids is 2. The van der Waals surface area contributed by atoms with E-state index in [9.17, 15) is 14.7 Å². The van der Waals surface area contributed by atoms with Crippen molar-refractivity contribution in [3.8, 4) is 11.5 Å². The molecule has 0 aliphatic rings. The number of aromatic hydroxyl groups is 1. The summed E-state index contributed by atoms with van der Waals surface area (Å²) in [5, 5.41) is 13.4. The number of carbonyl (C=O) groups is 2. The van der Waals surface area contributed by atoms with E-state index in [1.54, 1.807) is 36.4 Å². The van der Waals surface area contributed by atoms with Gasteiger partial charge in [-0.25, -0.2) is 5.43 Å². The summed E-state index contributed by atoms with van der Waals surface area (Å²) in [5.74, 6) is -0.438. The van der Waals surface area contributed by atoms with Gasteiger partial charge in [0.05, 0.1) is 9.78 Å². The van der Waals surface area contributed by atoms with Crippen LogP contribution in [0.4, 0.5) is 0 Å². The number of ether oxygens (including phenoxy) is 1. The fourth-order valence-corrected chi connectivity index (χ4v) is 2.02. The Balaban J connectivity index is 1.92. The zero-order valence-electron chi connectivity index (χ0n) is 12.4. The van der Waals surface area contributed by atoms with E-state index in [4.69, 9.17) is 10.5 Å². The van der Waals surface area contributed by atoms with Crippen molar-refractivity contribution in [1.82, 2.24) is 5.43 Å². The maximum absolute atomic E-state index is 11.9. The Hall–Kier alpha value is -2.62. The molecule has 0 aliphatic carbocycles. The van der Waals surface area contributed by atoms with E-state index in [-0.39, 0.29) is 12.4 Å². The third-order valence-corrected chi connectivity index (χ3v) is 3.76. The second-order valence-electron chi connectivity index (χ2n) is 4.69. The third-order valence-electron chi connectivity index (χ3n) is 2.85. The topological polar surface area (TPSA) is 114 Å². The van der Waals surface area contributed by atoms with Gasteiger partial charge in [0.2, 0.25) is 0 Å². The van der Waals surface area contributed by atoms with Gasteiger partial charge in [0.1, 0.15) is 11.5 Å². The van der Waals surface area contributed by atoms with E-state index >= 15 is 0 Å². The van der Waals surface area contributed by atoms with Crippen LogP contribution in [0.3, 0.4) is 0 Å². The second-order valence-corrected chi connectivity index (χ2v) is 5.85. The normalized spacial score (nSPS) is 10.5. The van der Waals surface area contributed by atoms with E-state index < -0.39 is 11.8 Å². The lowest BCUT2D eigenvalue weighted by molar-refractivity contribution is -0.119. The van der Waals surface area contributed by atoms with Gasteiger partial charge in [0.25, 0.3) is 11.8 Å². The molecule has 0 radical (unpaired) electrons. The standard InChI is InChI=1S/C16H14IN3O4/c17-13-6-3-11(7-14(13)21)16(23)20-19-8-10-1-4-12(5-2-10)24-9-15(18)22/h1-8,21H,9H2,(H2,18,22)(H,20,23)/b19-8-. The summed E-state index contributed by atoms with van der Waals surface area (Å²) in [6.07, 6.45) is 1.46. The van der Waals surface area contributed by atoms with Gasteiger partial charge in [-0.05, 0) is 70.6 Å². The molecule has 4 N–H and O–H groups in total. The monoisotopic (exact) mass is 439 g/mol. The summed E-state index contributed by atoms with van der Waals surface area (Å²) in [6.45, 7) is -0.188. The number of nitrogens with one attached hydrogen (secondary N) is 1. The highest BCUT2D eigenvalue weighted by molar-refractivity contribution is 14.1. The molecular formula is C16H14IN3O4. The van der Waals surface area contributed by atoms with Crippen LogP contribution in [0.1, 0.15) is 15.9 Å². The van der Waals surface area contributed by atoms with Gasteiger partial charge < -0.3 is 15.6 Å². The van der Waals surface area contributed by atoms with Crippen LogP contribution in [-0.2, 0) is 4.79 Å². The van der Waals surface area contributed by atoms with Crippen molar-refractivity contribution in [2.75, 3.05) is 6.61 Å². The fraction of sp³-hybridized carbons (Fsp3) is 0.0625. The number of phenolic OH excluding ortho intramolecular Hbond substituents is 1. The molecular weight excluding hydrogens is 425 g/mol. The number of nitrogens with two attached hydrogens (primary N) is 1. The minimum Gasteiger partial charge on any atom is -0.507 e. The molecule has 0 aromatic heterocycles. The zero-order valence-corrected chi connectivity index (χ0v) is 14.6. The molecule has 2 rings (SSSR count). The number of hydrogen-bond donors (Lipinski definition) is 3. The minimum atomic E-state index is -0.551. The van der Waals surface area contributed by atoms with Crippen molar-refractivity contribution < 1.29 is 19.4 Å². The molecule has 0 saturated heterocycles. The molecule has 0 fully saturated rings. The molecule has 2 aromatic carbocycles. The predicted molar refractivity (Wildman–Crippen MR) is 97.0 cm³/mol. The lowest BCUT2D eigenvalue weighted by Gasteiger charge is -2.03. The smallest absolute Gasteiger partial charge is 0.271 e. The maximum atomic E-state index is 11.9. The Kier molecular flexibility index (Phi) is 6.13. The van der Waals surface area contributed by atoms with E-state index in [1.165, 1.54) is 12.3 Å². The molecule has 124 valence electrons. The van der Waals surface area contributed by atoms with Gasteiger partial charge in [-0.2, -0.15) is 5.10 Å². The Morgan fingerprint density at radius 2 is 1.96 bits per heavy atom. The third kappa shape index (κ3) is 5.23. The Morgan fingerprint density at radius 3 is 2.58 bits per heavy atom. The van der Waals surface area contributed by atoms with Crippen LogP contribution in [-0.4, -0.2) is 29.7 Å². The lowest BCUT2D eigenvalue weighted by atomic mass is 10.2. The average molecular weight is 439 g/mol. The maximum Gasteiger partial charge on any atom is 0.271 e. The molecule has 7 nitrogen and oxygen atoms in total. The number of primary amides is 1. The van der Waals surface area contributed by atoms with Crippen molar-refractivity contribution in [1.29, 1.82) is 0 Å². The van der Waals surface area contributed by atoms with Gasteiger partial charge >= 0.3 is 0 Å². The second kappa shape index (κ2) is 8.29. The van der Waals surface area contributed by atoms with Crippen LogP contribution in [0.15, 0.2) is 47.6 Å². The number of hydrogen-bond acceptors (Lipinski definition) is 5. The van der Waals surface area contributed by atoms with Crippen molar-refractivity contribution in [2.45, 2.75) is 0 Å². The molecule has 0 heterocycles. The first-order valence-electron chi connectivity index (χ1n) is 6.79. The molecule has 0 aliphatic heterocycles. The van der Waals surface area contributed by atoms with Crippen LogP contribution in [0.5, 0.6) is 11.5 Å². The lowest BCUT2D eigenvalue weighted by Crippen LogP contribution is -2.20. The predicted octanol–water partition coefficient (Wildman–Crippen LogP) is 1.62. The van der Waals surface area contributed by atoms with Gasteiger partial charge in [-0.1, -0.05) is 0 Å². The number of benzene rings is 2. The molecule has 8 heteroatoms. The van der Waals surface area contributed by atoms with Gasteiger partial charge in [-0.15, -0.1) is 0 Å².